The number of fused-ring (bicyclic) bond motifs is 2. The molecule has 6 rings (SSSR count). The summed E-state index contributed by atoms with van der Waals surface area (Å²) < 4.78 is 2.70. The van der Waals surface area contributed by atoms with Crippen LogP contribution in [0.15, 0.2) is 72.8 Å². The Hall–Kier alpha value is -4.16. The highest BCUT2D eigenvalue weighted by Gasteiger charge is 2.34. The van der Waals surface area contributed by atoms with Crippen molar-refractivity contribution in [3.8, 4) is 33.0 Å². The van der Waals surface area contributed by atoms with Crippen molar-refractivity contribution in [1.82, 2.24) is 0 Å². The third-order valence-corrected chi connectivity index (χ3v) is 9.70. The van der Waals surface area contributed by atoms with Gasteiger partial charge in [-0.05, 0) is 89.0 Å². The average Bonchev–Trinajstić information content (AvgIpc) is 3.51. The highest BCUT2D eigenvalue weighted by molar-refractivity contribution is 7.37. The number of nitriles is 2. The molecule has 2 nitrogen and oxygen atoms in total. The molecule has 0 N–H and O–H groups in total. The summed E-state index contributed by atoms with van der Waals surface area (Å²) in [5.74, 6) is 0. The zero-order chi connectivity index (χ0) is 26.4. The van der Waals surface area contributed by atoms with E-state index in [0.717, 1.165) is 11.1 Å². The minimum Gasteiger partial charge on any atom is -0.192 e. The average molecular weight is 523 g/mol. The molecule has 5 aromatic rings. The maximum atomic E-state index is 9.23. The molecule has 0 saturated carbocycles. The van der Waals surface area contributed by atoms with Gasteiger partial charge in [-0.2, -0.15) is 10.5 Å². The number of hydrogen-bond acceptors (Lipinski definition) is 4. The molecule has 0 fully saturated rings. The zero-order valence-electron chi connectivity index (χ0n) is 21.4. The van der Waals surface area contributed by atoms with Crippen LogP contribution in [-0.4, -0.2) is 6.71 Å². The monoisotopic (exact) mass is 522 g/mol. The van der Waals surface area contributed by atoms with Crippen LogP contribution in [-0.2, 0) is 0 Å². The summed E-state index contributed by atoms with van der Waals surface area (Å²) in [4.78, 5) is 2.42. The van der Waals surface area contributed by atoms with Gasteiger partial charge in [0.2, 0.25) is 0 Å². The van der Waals surface area contributed by atoms with Crippen LogP contribution in [0.4, 0.5) is 0 Å². The van der Waals surface area contributed by atoms with Gasteiger partial charge in [0, 0.05) is 9.75 Å². The van der Waals surface area contributed by atoms with E-state index in [1.165, 1.54) is 52.6 Å². The van der Waals surface area contributed by atoms with Crippen LogP contribution in [0.1, 0.15) is 38.9 Å². The molecule has 0 amide bonds. The Morgan fingerprint density at radius 1 is 0.605 bits per heavy atom. The standard InChI is InChI=1S/C33H23BN2S2/c1-20-14-21(2)31(22(3)15-20)34-32-27(16-29(37-32)25-8-4-23(18-35)5-9-25)12-13-28-17-30(38-33(28)34)26-10-6-24(19-36)7-11-26/h4-17H,1-3H3. The molecule has 180 valence electrons. The Bertz CT molecular complexity index is 1680. The lowest BCUT2D eigenvalue weighted by molar-refractivity contribution is 1.35. The van der Waals surface area contributed by atoms with Gasteiger partial charge in [-0.15, -0.1) is 22.7 Å². The molecular formula is C33H23BN2S2. The van der Waals surface area contributed by atoms with Gasteiger partial charge in [-0.3, -0.25) is 0 Å². The second-order valence-electron chi connectivity index (χ2n) is 9.82. The molecular weight excluding hydrogens is 499 g/mol. The number of thiophene rings is 2. The summed E-state index contributed by atoms with van der Waals surface area (Å²) in [5, 5.41) is 18.5. The number of rotatable bonds is 3. The second-order valence-corrected chi connectivity index (χ2v) is 12.0. The zero-order valence-corrected chi connectivity index (χ0v) is 23.0. The fraction of sp³-hybridized carbons (Fsp3) is 0.0909. The molecule has 0 bridgehead atoms. The molecule has 0 unspecified atom stereocenters. The first kappa shape index (κ1) is 24.2. The number of aryl methyl sites for hydroxylation is 3. The normalized spacial score (nSPS) is 11.9. The fourth-order valence-corrected chi connectivity index (χ4v) is 8.08. The van der Waals surface area contributed by atoms with Gasteiger partial charge in [0.05, 0.1) is 23.3 Å². The van der Waals surface area contributed by atoms with E-state index >= 15 is 0 Å². The summed E-state index contributed by atoms with van der Waals surface area (Å²) in [6.45, 7) is 6.76. The number of hydrogen-bond donors (Lipinski definition) is 0. The second kappa shape index (κ2) is 9.62. The number of nitrogens with zero attached hydrogens (tertiary/aromatic N) is 2. The van der Waals surface area contributed by atoms with E-state index in [1.54, 1.807) is 0 Å². The van der Waals surface area contributed by atoms with E-state index in [4.69, 9.17) is 0 Å². The highest BCUT2D eigenvalue weighted by atomic mass is 32.1. The Morgan fingerprint density at radius 3 is 1.42 bits per heavy atom. The van der Waals surface area contributed by atoms with E-state index in [0.29, 0.717) is 11.1 Å². The summed E-state index contributed by atoms with van der Waals surface area (Å²) in [6, 6.07) is 29.4. The first-order chi connectivity index (χ1) is 18.4. The SMILES string of the molecule is Cc1cc(C)c(B2c3sc(-c4ccc(C#N)cc4)cc3C=Cc3cc(-c4ccc(C#N)cc4)sc32)c(C)c1. The first-order valence-corrected chi connectivity index (χ1v) is 14.1. The van der Waals surface area contributed by atoms with Gasteiger partial charge < -0.3 is 0 Å². The lowest BCUT2D eigenvalue weighted by atomic mass is 9.40. The fourth-order valence-electron chi connectivity index (χ4n) is 5.46. The quantitative estimate of drug-likeness (QED) is 0.240. The third kappa shape index (κ3) is 4.21. The molecule has 0 atom stereocenters. The summed E-state index contributed by atoms with van der Waals surface area (Å²) in [7, 11) is 0. The first-order valence-electron chi connectivity index (χ1n) is 12.5. The van der Waals surface area contributed by atoms with Gasteiger partial charge in [0.1, 0.15) is 0 Å². The van der Waals surface area contributed by atoms with Crippen molar-refractivity contribution in [3.05, 3.63) is 112 Å². The minimum atomic E-state index is 0.130. The summed E-state index contributed by atoms with van der Waals surface area (Å²) in [5.41, 5.74) is 11.4. The Balaban J connectivity index is 1.55. The maximum absolute atomic E-state index is 9.23. The molecule has 0 spiro atoms. The van der Waals surface area contributed by atoms with Crippen LogP contribution < -0.4 is 15.0 Å². The molecule has 1 aliphatic heterocycles. The van der Waals surface area contributed by atoms with Gasteiger partial charge in [-0.25, -0.2) is 0 Å². The Kier molecular flexibility index (Phi) is 6.13. The number of benzene rings is 3. The largest absolute Gasteiger partial charge is 0.268 e. The Morgan fingerprint density at radius 2 is 1.03 bits per heavy atom. The summed E-state index contributed by atoms with van der Waals surface area (Å²) in [6.07, 6.45) is 4.51. The molecule has 0 radical (unpaired) electrons. The van der Waals surface area contributed by atoms with Crippen molar-refractivity contribution >= 4 is 56.6 Å². The smallest absolute Gasteiger partial charge is 0.192 e. The van der Waals surface area contributed by atoms with Gasteiger partial charge in [0.15, 0.2) is 0 Å². The van der Waals surface area contributed by atoms with Crippen molar-refractivity contribution < 1.29 is 0 Å². The molecule has 3 aromatic carbocycles. The van der Waals surface area contributed by atoms with E-state index < -0.39 is 0 Å². The molecule has 3 heterocycles. The van der Waals surface area contributed by atoms with Crippen LogP contribution >= 0.6 is 22.7 Å². The predicted molar refractivity (Wildman–Crippen MR) is 163 cm³/mol. The molecule has 0 aliphatic carbocycles. The van der Waals surface area contributed by atoms with Crippen molar-refractivity contribution in [3.63, 3.8) is 0 Å². The van der Waals surface area contributed by atoms with Gasteiger partial charge in [-0.1, -0.05) is 70.7 Å². The van der Waals surface area contributed by atoms with Crippen LogP contribution in [0.2, 0.25) is 0 Å². The van der Waals surface area contributed by atoms with Crippen LogP contribution in [0.5, 0.6) is 0 Å². The van der Waals surface area contributed by atoms with Crippen molar-refractivity contribution in [2.24, 2.45) is 0 Å². The van der Waals surface area contributed by atoms with Gasteiger partial charge >= 0.3 is 0 Å². The minimum absolute atomic E-state index is 0.130. The van der Waals surface area contributed by atoms with Crippen LogP contribution in [0.25, 0.3) is 33.0 Å². The van der Waals surface area contributed by atoms with Crippen molar-refractivity contribution in [1.29, 1.82) is 10.5 Å². The van der Waals surface area contributed by atoms with E-state index in [9.17, 15) is 10.5 Å². The lowest BCUT2D eigenvalue weighted by Gasteiger charge is -2.19. The Labute approximate surface area is 231 Å². The summed E-state index contributed by atoms with van der Waals surface area (Å²) >= 11 is 3.70. The highest BCUT2D eigenvalue weighted by Crippen LogP contribution is 2.33. The molecule has 5 heteroatoms. The van der Waals surface area contributed by atoms with Crippen molar-refractivity contribution in [2.75, 3.05) is 0 Å². The molecule has 38 heavy (non-hydrogen) atoms. The van der Waals surface area contributed by atoms with E-state index in [2.05, 4.69) is 69.3 Å². The molecule has 2 aromatic heterocycles. The topological polar surface area (TPSA) is 47.6 Å². The van der Waals surface area contributed by atoms with Gasteiger partial charge in [0.25, 0.3) is 6.71 Å². The van der Waals surface area contributed by atoms with E-state index in [1.807, 2.05) is 71.2 Å². The van der Waals surface area contributed by atoms with Crippen molar-refractivity contribution in [2.45, 2.75) is 20.8 Å². The maximum Gasteiger partial charge on any atom is 0.268 e. The predicted octanol–water partition coefficient (Wildman–Crippen LogP) is 6.81. The van der Waals surface area contributed by atoms with Crippen LogP contribution in [0, 0.1) is 43.4 Å². The lowest BCUT2D eigenvalue weighted by Crippen LogP contribution is -2.53. The van der Waals surface area contributed by atoms with Crippen LogP contribution in [0.3, 0.4) is 0 Å². The molecule has 0 saturated heterocycles. The third-order valence-electron chi connectivity index (χ3n) is 7.17. The molecule has 1 aliphatic rings. The van der Waals surface area contributed by atoms with E-state index in [-0.39, 0.29) is 6.71 Å².